The number of thiazole rings is 1. The molecular weight excluding hydrogens is 368 g/mol. The van der Waals surface area contributed by atoms with Crippen molar-refractivity contribution < 1.29 is 19.0 Å². The zero-order chi connectivity index (χ0) is 19.1. The zero-order valence-corrected chi connectivity index (χ0v) is 15.7. The van der Waals surface area contributed by atoms with Crippen LogP contribution < -0.4 is 14.8 Å². The number of nitrogens with one attached hydrogen (secondary N) is 1. The van der Waals surface area contributed by atoms with Crippen LogP contribution in [0.15, 0.2) is 43.0 Å². The van der Waals surface area contributed by atoms with E-state index in [-0.39, 0.29) is 5.91 Å². The predicted octanol–water partition coefficient (Wildman–Crippen LogP) is 2.89. The van der Waals surface area contributed by atoms with E-state index in [0.717, 1.165) is 4.88 Å². The first-order chi connectivity index (χ1) is 13.2. The minimum absolute atomic E-state index is 0.317. The molecule has 3 rings (SSSR count). The van der Waals surface area contributed by atoms with Crippen molar-refractivity contribution in [1.82, 2.24) is 15.0 Å². The summed E-state index contributed by atoms with van der Waals surface area (Å²) in [5.41, 5.74) is 1.08. The summed E-state index contributed by atoms with van der Waals surface area (Å²) in [6, 6.07) is 5.01. The second kappa shape index (κ2) is 9.06. The van der Waals surface area contributed by atoms with Crippen LogP contribution in [0.1, 0.15) is 10.4 Å². The average molecular weight is 386 g/mol. The Kier molecular flexibility index (Phi) is 6.29. The van der Waals surface area contributed by atoms with Crippen LogP contribution in [0.25, 0.3) is 10.6 Å². The Hall–Kier alpha value is -3.04. The fourth-order valence-electron chi connectivity index (χ4n) is 2.21. The highest BCUT2D eigenvalue weighted by molar-refractivity contribution is 7.19. The third kappa shape index (κ3) is 4.78. The molecule has 0 fully saturated rings. The van der Waals surface area contributed by atoms with Gasteiger partial charge in [-0.25, -0.2) is 4.98 Å². The van der Waals surface area contributed by atoms with E-state index in [1.165, 1.54) is 11.3 Å². The van der Waals surface area contributed by atoms with Gasteiger partial charge in [0.05, 0.1) is 30.4 Å². The molecule has 3 aromatic rings. The molecule has 1 amide bonds. The van der Waals surface area contributed by atoms with Crippen LogP contribution >= 0.6 is 11.3 Å². The van der Waals surface area contributed by atoms with Crippen molar-refractivity contribution in [2.24, 2.45) is 0 Å². The molecule has 0 aliphatic rings. The number of rotatable bonds is 8. The summed E-state index contributed by atoms with van der Waals surface area (Å²) in [5.74, 6) is 0.679. The molecule has 0 bridgehead atoms. The van der Waals surface area contributed by atoms with Crippen molar-refractivity contribution in [1.29, 1.82) is 0 Å². The van der Waals surface area contributed by atoms with Gasteiger partial charge in [-0.2, -0.15) is 0 Å². The minimum Gasteiger partial charge on any atom is -0.497 e. The van der Waals surface area contributed by atoms with Crippen molar-refractivity contribution >= 4 is 22.4 Å². The van der Waals surface area contributed by atoms with Crippen molar-refractivity contribution in [3.63, 3.8) is 0 Å². The molecule has 0 saturated heterocycles. The molecule has 2 heterocycles. The van der Waals surface area contributed by atoms with Crippen LogP contribution in [-0.4, -0.2) is 48.3 Å². The summed E-state index contributed by atoms with van der Waals surface area (Å²) in [4.78, 5) is 26.0. The van der Waals surface area contributed by atoms with E-state index in [9.17, 15) is 4.79 Å². The normalized spacial score (nSPS) is 10.4. The summed E-state index contributed by atoms with van der Waals surface area (Å²) >= 11 is 1.31. The van der Waals surface area contributed by atoms with Gasteiger partial charge in [-0.15, -0.1) is 0 Å². The second-order valence-electron chi connectivity index (χ2n) is 5.28. The molecule has 0 saturated carbocycles. The molecule has 0 atom stereocenters. The Labute approximate surface area is 160 Å². The molecule has 0 spiro atoms. The van der Waals surface area contributed by atoms with E-state index in [4.69, 9.17) is 14.2 Å². The number of methoxy groups -OCH3 is 2. The monoisotopic (exact) mass is 386 g/mol. The summed E-state index contributed by atoms with van der Waals surface area (Å²) in [6.45, 7) is 0.726. The average Bonchev–Trinajstić information content (AvgIpc) is 3.17. The van der Waals surface area contributed by atoms with Crippen LogP contribution in [0, 0.1) is 0 Å². The maximum atomic E-state index is 12.7. The third-order valence-corrected chi connectivity index (χ3v) is 4.46. The van der Waals surface area contributed by atoms with Gasteiger partial charge in [0.2, 0.25) is 0 Å². The van der Waals surface area contributed by atoms with Crippen molar-refractivity contribution in [3.8, 4) is 22.1 Å². The number of hydrogen-bond donors (Lipinski definition) is 1. The van der Waals surface area contributed by atoms with Crippen LogP contribution in [-0.2, 0) is 4.74 Å². The van der Waals surface area contributed by atoms with Gasteiger partial charge in [0.15, 0.2) is 5.13 Å². The Morgan fingerprint density at radius 2 is 2.04 bits per heavy atom. The number of amides is 1. The van der Waals surface area contributed by atoms with Gasteiger partial charge in [-0.05, 0) is 12.1 Å². The lowest BCUT2D eigenvalue weighted by Crippen LogP contribution is -2.15. The van der Waals surface area contributed by atoms with Crippen molar-refractivity contribution in [3.05, 3.63) is 48.5 Å². The Morgan fingerprint density at radius 1 is 1.15 bits per heavy atom. The highest BCUT2D eigenvalue weighted by atomic mass is 32.1. The number of hydrogen-bond acceptors (Lipinski definition) is 8. The lowest BCUT2D eigenvalue weighted by molar-refractivity contribution is 0.101. The molecule has 1 N–H and O–H groups in total. The first-order valence-corrected chi connectivity index (χ1v) is 8.86. The van der Waals surface area contributed by atoms with Gasteiger partial charge in [0.25, 0.3) is 5.91 Å². The molecule has 27 heavy (non-hydrogen) atoms. The topological polar surface area (TPSA) is 95.5 Å². The van der Waals surface area contributed by atoms with E-state index in [1.807, 2.05) is 0 Å². The first-order valence-electron chi connectivity index (χ1n) is 8.04. The lowest BCUT2D eigenvalue weighted by atomic mass is 10.2. The Bertz CT molecular complexity index is 901. The SMILES string of the molecule is COCCOc1cc(OC)ccc1C(=O)Nc1ncc(-c2cnccn2)s1. The maximum Gasteiger partial charge on any atom is 0.261 e. The molecule has 8 nitrogen and oxygen atoms in total. The number of anilines is 1. The minimum atomic E-state index is -0.329. The molecule has 0 aliphatic heterocycles. The molecule has 0 radical (unpaired) electrons. The summed E-state index contributed by atoms with van der Waals surface area (Å²) in [5, 5.41) is 3.24. The van der Waals surface area contributed by atoms with Crippen LogP contribution in [0.3, 0.4) is 0 Å². The number of benzene rings is 1. The Balaban J connectivity index is 1.76. The van der Waals surface area contributed by atoms with Crippen molar-refractivity contribution in [2.45, 2.75) is 0 Å². The summed E-state index contributed by atoms with van der Waals surface area (Å²) in [6.07, 6.45) is 6.49. The van der Waals surface area contributed by atoms with Gasteiger partial charge >= 0.3 is 0 Å². The smallest absolute Gasteiger partial charge is 0.261 e. The first kappa shape index (κ1) is 18.7. The van der Waals surface area contributed by atoms with Gasteiger partial charge in [-0.3, -0.25) is 20.1 Å². The van der Waals surface area contributed by atoms with Crippen LogP contribution in [0.2, 0.25) is 0 Å². The van der Waals surface area contributed by atoms with E-state index >= 15 is 0 Å². The maximum absolute atomic E-state index is 12.7. The molecular formula is C18H18N4O4S. The standard InChI is InChI=1S/C18H18N4O4S/c1-24-7-8-26-15-9-12(25-2)3-4-13(15)17(23)22-18-21-11-16(27-18)14-10-19-5-6-20-14/h3-6,9-11H,7-8H2,1-2H3,(H,21,22,23). The second-order valence-corrected chi connectivity index (χ2v) is 6.31. The molecule has 0 unspecified atom stereocenters. The van der Waals surface area contributed by atoms with Crippen LogP contribution in [0.5, 0.6) is 11.5 Å². The van der Waals surface area contributed by atoms with Crippen LogP contribution in [0.4, 0.5) is 5.13 Å². The molecule has 140 valence electrons. The van der Waals surface area contributed by atoms with E-state index in [1.54, 1.807) is 57.2 Å². The number of nitrogens with zero attached hydrogens (tertiary/aromatic N) is 3. The van der Waals surface area contributed by atoms with Crippen molar-refractivity contribution in [2.75, 3.05) is 32.8 Å². The molecule has 1 aromatic carbocycles. The molecule has 2 aromatic heterocycles. The fraction of sp³-hybridized carbons (Fsp3) is 0.222. The third-order valence-electron chi connectivity index (χ3n) is 3.52. The zero-order valence-electron chi connectivity index (χ0n) is 14.8. The number of ether oxygens (including phenoxy) is 3. The van der Waals surface area contributed by atoms with Gasteiger partial charge < -0.3 is 14.2 Å². The quantitative estimate of drug-likeness (QED) is 0.595. The number of carbonyl (C=O) groups excluding carboxylic acids is 1. The lowest BCUT2D eigenvalue weighted by Gasteiger charge is -2.12. The van der Waals surface area contributed by atoms with Gasteiger partial charge in [0.1, 0.15) is 23.8 Å². The van der Waals surface area contributed by atoms with E-state index in [2.05, 4.69) is 20.3 Å². The number of carbonyl (C=O) groups is 1. The summed E-state index contributed by atoms with van der Waals surface area (Å²) < 4.78 is 15.8. The molecule has 9 heteroatoms. The highest BCUT2D eigenvalue weighted by Crippen LogP contribution is 2.29. The van der Waals surface area contributed by atoms with Gasteiger partial charge in [-0.1, -0.05) is 11.3 Å². The number of aromatic nitrogens is 3. The largest absolute Gasteiger partial charge is 0.497 e. The highest BCUT2D eigenvalue weighted by Gasteiger charge is 2.16. The molecule has 0 aliphatic carbocycles. The Morgan fingerprint density at radius 3 is 2.78 bits per heavy atom. The van der Waals surface area contributed by atoms with E-state index in [0.29, 0.717) is 41.1 Å². The fourth-order valence-corrected chi connectivity index (χ4v) is 2.99. The predicted molar refractivity (Wildman–Crippen MR) is 101 cm³/mol. The summed E-state index contributed by atoms with van der Waals surface area (Å²) in [7, 11) is 3.14. The van der Waals surface area contributed by atoms with E-state index < -0.39 is 0 Å². The van der Waals surface area contributed by atoms with Gasteiger partial charge in [0, 0.05) is 31.8 Å².